The first-order valence-corrected chi connectivity index (χ1v) is 4.93. The lowest BCUT2D eigenvalue weighted by atomic mass is 10.2. The standard InChI is InChI=1S/C9H16F3NO4/c1-16-4-7(14)2-3-13-8(15)5-17-6-9(10,11)12/h7,14H,2-6H2,1H3,(H,13,15). The van der Waals surface area contributed by atoms with Crippen molar-refractivity contribution in [3.63, 3.8) is 0 Å². The van der Waals surface area contributed by atoms with Gasteiger partial charge in [0.25, 0.3) is 0 Å². The molecule has 1 unspecified atom stereocenters. The van der Waals surface area contributed by atoms with Gasteiger partial charge in [0.05, 0.1) is 12.7 Å². The van der Waals surface area contributed by atoms with Crippen LogP contribution in [0.4, 0.5) is 13.2 Å². The lowest BCUT2D eigenvalue weighted by Gasteiger charge is -2.10. The fourth-order valence-electron chi connectivity index (χ4n) is 0.964. The first kappa shape index (κ1) is 16.1. The first-order valence-electron chi connectivity index (χ1n) is 4.93. The molecule has 0 aromatic carbocycles. The summed E-state index contributed by atoms with van der Waals surface area (Å²) in [6.45, 7) is -1.81. The molecule has 0 heterocycles. The summed E-state index contributed by atoms with van der Waals surface area (Å²) in [4.78, 5) is 11.0. The Morgan fingerprint density at radius 1 is 1.47 bits per heavy atom. The quantitative estimate of drug-likeness (QED) is 0.647. The van der Waals surface area contributed by atoms with Crippen molar-refractivity contribution in [1.82, 2.24) is 5.32 Å². The topological polar surface area (TPSA) is 67.8 Å². The van der Waals surface area contributed by atoms with Crippen LogP contribution in [0.15, 0.2) is 0 Å². The molecule has 0 rings (SSSR count). The average molecular weight is 259 g/mol. The van der Waals surface area contributed by atoms with Gasteiger partial charge in [-0.1, -0.05) is 0 Å². The minimum absolute atomic E-state index is 0.139. The molecular formula is C9H16F3NO4. The summed E-state index contributed by atoms with van der Waals surface area (Å²) in [7, 11) is 1.42. The van der Waals surface area contributed by atoms with Crippen molar-refractivity contribution in [3.8, 4) is 0 Å². The Morgan fingerprint density at radius 3 is 2.65 bits per heavy atom. The molecule has 102 valence electrons. The van der Waals surface area contributed by atoms with Crippen LogP contribution < -0.4 is 5.32 Å². The van der Waals surface area contributed by atoms with E-state index in [1.807, 2.05) is 0 Å². The van der Waals surface area contributed by atoms with Crippen LogP contribution in [-0.2, 0) is 14.3 Å². The summed E-state index contributed by atoms with van der Waals surface area (Å²) in [6.07, 6.45) is -4.88. The Kier molecular flexibility index (Phi) is 7.85. The normalized spacial score (nSPS) is 13.5. The minimum Gasteiger partial charge on any atom is -0.391 e. The number of hydrogen-bond donors (Lipinski definition) is 2. The Morgan fingerprint density at radius 2 is 2.12 bits per heavy atom. The van der Waals surface area contributed by atoms with Crippen LogP contribution in [0.1, 0.15) is 6.42 Å². The van der Waals surface area contributed by atoms with Gasteiger partial charge in [0.15, 0.2) is 0 Å². The van der Waals surface area contributed by atoms with Gasteiger partial charge in [-0.15, -0.1) is 0 Å². The van der Waals surface area contributed by atoms with Gasteiger partial charge in [0.2, 0.25) is 5.91 Å². The molecule has 1 atom stereocenters. The van der Waals surface area contributed by atoms with E-state index in [-0.39, 0.29) is 19.6 Å². The molecule has 0 radical (unpaired) electrons. The van der Waals surface area contributed by atoms with Crippen LogP contribution in [0, 0.1) is 0 Å². The molecular weight excluding hydrogens is 243 g/mol. The van der Waals surface area contributed by atoms with Gasteiger partial charge < -0.3 is 19.9 Å². The monoisotopic (exact) mass is 259 g/mol. The predicted molar refractivity (Wildman–Crippen MR) is 52.4 cm³/mol. The largest absolute Gasteiger partial charge is 0.411 e. The maximum absolute atomic E-state index is 11.6. The van der Waals surface area contributed by atoms with Crippen LogP contribution >= 0.6 is 0 Å². The molecule has 17 heavy (non-hydrogen) atoms. The van der Waals surface area contributed by atoms with E-state index in [2.05, 4.69) is 14.8 Å². The molecule has 0 spiro atoms. The van der Waals surface area contributed by atoms with E-state index < -0.39 is 31.4 Å². The van der Waals surface area contributed by atoms with Gasteiger partial charge in [-0.05, 0) is 6.42 Å². The van der Waals surface area contributed by atoms with E-state index in [0.29, 0.717) is 0 Å². The highest BCUT2D eigenvalue weighted by Gasteiger charge is 2.27. The zero-order valence-corrected chi connectivity index (χ0v) is 9.42. The van der Waals surface area contributed by atoms with Gasteiger partial charge in [-0.3, -0.25) is 4.79 Å². The summed E-state index contributed by atoms with van der Waals surface area (Å²) in [6, 6.07) is 0. The highest BCUT2D eigenvalue weighted by molar-refractivity contribution is 5.77. The molecule has 0 aromatic heterocycles. The summed E-state index contributed by atoms with van der Waals surface area (Å²) >= 11 is 0. The molecule has 0 fully saturated rings. The van der Waals surface area contributed by atoms with Gasteiger partial charge in [0.1, 0.15) is 13.2 Å². The predicted octanol–water partition coefficient (Wildman–Crippen LogP) is 0.0789. The Hall–Kier alpha value is -0.860. The molecule has 0 aliphatic rings. The van der Waals surface area contributed by atoms with Crippen LogP contribution in [0.25, 0.3) is 0 Å². The number of carbonyl (C=O) groups is 1. The highest BCUT2D eigenvalue weighted by atomic mass is 19.4. The van der Waals surface area contributed by atoms with Gasteiger partial charge in [-0.25, -0.2) is 0 Å². The number of carbonyl (C=O) groups excluding carboxylic acids is 1. The Bertz CT molecular complexity index is 223. The highest BCUT2D eigenvalue weighted by Crippen LogP contribution is 2.13. The number of methoxy groups -OCH3 is 1. The summed E-state index contributed by atoms with van der Waals surface area (Å²) in [5.74, 6) is -0.654. The van der Waals surface area contributed by atoms with Crippen LogP contribution in [0.2, 0.25) is 0 Å². The molecule has 5 nitrogen and oxygen atoms in total. The third kappa shape index (κ3) is 11.4. The van der Waals surface area contributed by atoms with Crippen molar-refractivity contribution in [2.24, 2.45) is 0 Å². The van der Waals surface area contributed by atoms with E-state index in [0.717, 1.165) is 0 Å². The van der Waals surface area contributed by atoms with Gasteiger partial charge in [0, 0.05) is 13.7 Å². The van der Waals surface area contributed by atoms with E-state index in [9.17, 15) is 23.1 Å². The number of aliphatic hydroxyl groups excluding tert-OH is 1. The minimum atomic E-state index is -4.44. The second kappa shape index (κ2) is 8.26. The van der Waals surface area contributed by atoms with Crippen molar-refractivity contribution < 1.29 is 32.5 Å². The van der Waals surface area contributed by atoms with Crippen molar-refractivity contribution in [2.75, 3.05) is 33.5 Å². The Balaban J connectivity index is 3.47. The lowest BCUT2D eigenvalue weighted by Crippen LogP contribution is -2.32. The first-order chi connectivity index (χ1) is 7.85. The van der Waals surface area contributed by atoms with E-state index >= 15 is 0 Å². The molecule has 0 saturated heterocycles. The molecule has 0 aliphatic carbocycles. The molecule has 2 N–H and O–H groups in total. The number of rotatable bonds is 8. The molecule has 1 amide bonds. The second-order valence-corrected chi connectivity index (χ2v) is 3.36. The molecule has 8 heteroatoms. The van der Waals surface area contributed by atoms with Crippen molar-refractivity contribution in [3.05, 3.63) is 0 Å². The van der Waals surface area contributed by atoms with Crippen LogP contribution in [-0.4, -0.2) is 56.8 Å². The lowest BCUT2D eigenvalue weighted by molar-refractivity contribution is -0.175. The third-order valence-electron chi connectivity index (χ3n) is 1.66. The number of amides is 1. The van der Waals surface area contributed by atoms with Gasteiger partial charge >= 0.3 is 6.18 Å². The maximum atomic E-state index is 11.6. The fraction of sp³-hybridized carbons (Fsp3) is 0.889. The van der Waals surface area contributed by atoms with E-state index in [1.165, 1.54) is 7.11 Å². The van der Waals surface area contributed by atoms with Crippen LogP contribution in [0.5, 0.6) is 0 Å². The number of alkyl halides is 3. The molecule has 0 aromatic rings. The van der Waals surface area contributed by atoms with Crippen molar-refractivity contribution >= 4 is 5.91 Å². The summed E-state index contributed by atoms with van der Waals surface area (Å²) in [5, 5.41) is 11.5. The number of halogens is 3. The zero-order chi connectivity index (χ0) is 13.3. The van der Waals surface area contributed by atoms with Crippen LogP contribution in [0.3, 0.4) is 0 Å². The number of nitrogens with one attached hydrogen (secondary N) is 1. The summed E-state index contributed by atoms with van der Waals surface area (Å²) < 4.78 is 43.7. The zero-order valence-electron chi connectivity index (χ0n) is 9.42. The SMILES string of the molecule is COCC(O)CCNC(=O)COCC(F)(F)F. The number of hydrogen-bond acceptors (Lipinski definition) is 4. The second-order valence-electron chi connectivity index (χ2n) is 3.36. The smallest absolute Gasteiger partial charge is 0.391 e. The van der Waals surface area contributed by atoms with Crippen molar-refractivity contribution in [2.45, 2.75) is 18.7 Å². The fourth-order valence-corrected chi connectivity index (χ4v) is 0.964. The maximum Gasteiger partial charge on any atom is 0.411 e. The molecule has 0 aliphatic heterocycles. The Labute approximate surface area is 96.9 Å². The van der Waals surface area contributed by atoms with Crippen molar-refractivity contribution in [1.29, 1.82) is 0 Å². The number of ether oxygens (including phenoxy) is 2. The average Bonchev–Trinajstić information content (AvgIpc) is 2.16. The molecule has 0 bridgehead atoms. The van der Waals surface area contributed by atoms with E-state index in [4.69, 9.17) is 0 Å². The van der Waals surface area contributed by atoms with Gasteiger partial charge in [-0.2, -0.15) is 13.2 Å². The molecule has 0 saturated carbocycles. The number of aliphatic hydroxyl groups is 1. The third-order valence-corrected chi connectivity index (χ3v) is 1.66. The summed E-state index contributed by atoms with van der Waals surface area (Å²) in [5.41, 5.74) is 0. The van der Waals surface area contributed by atoms with E-state index in [1.54, 1.807) is 0 Å².